The van der Waals surface area contributed by atoms with Crippen LogP contribution in [0.2, 0.25) is 10.0 Å². The van der Waals surface area contributed by atoms with Crippen molar-refractivity contribution in [3.8, 4) is 0 Å². The molecule has 0 aliphatic rings. The maximum absolute atomic E-state index is 12.5. The molecule has 0 spiro atoms. The van der Waals surface area contributed by atoms with E-state index in [-0.39, 0.29) is 9.92 Å². The fourth-order valence-corrected chi connectivity index (χ4v) is 3.33. The Bertz CT molecular complexity index is 810. The van der Waals surface area contributed by atoms with Crippen LogP contribution in [0, 0.1) is 0 Å². The van der Waals surface area contributed by atoms with Crippen molar-refractivity contribution in [1.82, 2.24) is 4.98 Å². The van der Waals surface area contributed by atoms with Crippen molar-refractivity contribution in [3.05, 3.63) is 52.1 Å². The normalized spacial score (nSPS) is 12.2. The highest BCUT2D eigenvalue weighted by Gasteiger charge is 2.32. The highest BCUT2D eigenvalue weighted by Crippen LogP contribution is 2.33. The number of sulfonamides is 1. The molecule has 0 atom stereocenters. The number of rotatable bonds is 3. The van der Waals surface area contributed by atoms with E-state index >= 15 is 0 Å². The number of alkyl halides is 3. The van der Waals surface area contributed by atoms with E-state index in [4.69, 9.17) is 23.2 Å². The minimum atomic E-state index is -4.63. The predicted octanol–water partition coefficient (Wildman–Crippen LogP) is 4.21. The summed E-state index contributed by atoms with van der Waals surface area (Å²) in [5.74, 6) is -0.422. The lowest BCUT2D eigenvalue weighted by Gasteiger charge is -2.12. The first kappa shape index (κ1) is 16.9. The minimum absolute atomic E-state index is 0.0435. The standard InChI is InChI=1S/C12H7Cl2F3N2O2S/c13-8-3-1-2-4-10(8)22(20,21)19-11-9(14)5-7(6-18-11)12(15,16)17/h1-6H,(H,18,19). The largest absolute Gasteiger partial charge is 0.417 e. The van der Waals surface area contributed by atoms with Gasteiger partial charge in [-0.1, -0.05) is 35.3 Å². The molecular formula is C12H7Cl2F3N2O2S. The van der Waals surface area contributed by atoms with E-state index in [1.165, 1.54) is 24.3 Å². The molecule has 0 unspecified atom stereocenters. The monoisotopic (exact) mass is 370 g/mol. The Kier molecular flexibility index (Phi) is 4.55. The van der Waals surface area contributed by atoms with Crippen molar-refractivity contribution >= 4 is 39.0 Å². The molecule has 2 rings (SSSR count). The molecule has 4 nitrogen and oxygen atoms in total. The number of nitrogens with one attached hydrogen (secondary N) is 1. The summed E-state index contributed by atoms with van der Waals surface area (Å²) in [5, 5.41) is -0.525. The summed E-state index contributed by atoms with van der Waals surface area (Å²) in [6, 6.07) is 6.16. The molecule has 0 aliphatic carbocycles. The van der Waals surface area contributed by atoms with Gasteiger partial charge in [0.15, 0.2) is 5.82 Å². The van der Waals surface area contributed by atoms with Gasteiger partial charge in [-0.25, -0.2) is 13.4 Å². The number of halogens is 5. The van der Waals surface area contributed by atoms with E-state index in [1.54, 1.807) is 0 Å². The first-order valence-electron chi connectivity index (χ1n) is 5.61. The molecule has 0 fully saturated rings. The molecule has 1 aromatic carbocycles. The van der Waals surface area contributed by atoms with E-state index < -0.39 is 32.6 Å². The van der Waals surface area contributed by atoms with Crippen LogP contribution in [0.3, 0.4) is 0 Å². The lowest BCUT2D eigenvalue weighted by atomic mass is 10.3. The Labute approximate surface area is 133 Å². The maximum atomic E-state index is 12.5. The van der Waals surface area contributed by atoms with Gasteiger partial charge in [0.05, 0.1) is 15.6 Å². The van der Waals surface area contributed by atoms with Crippen LogP contribution in [0.15, 0.2) is 41.4 Å². The summed E-state index contributed by atoms with van der Waals surface area (Å²) in [6.45, 7) is 0. The van der Waals surface area contributed by atoms with Crippen molar-refractivity contribution in [1.29, 1.82) is 0 Å². The zero-order valence-electron chi connectivity index (χ0n) is 10.5. The van der Waals surface area contributed by atoms with Gasteiger partial charge in [-0.05, 0) is 18.2 Å². The van der Waals surface area contributed by atoms with E-state index in [0.29, 0.717) is 12.3 Å². The van der Waals surface area contributed by atoms with E-state index in [9.17, 15) is 21.6 Å². The zero-order chi connectivity index (χ0) is 16.5. The van der Waals surface area contributed by atoms with E-state index in [1.807, 2.05) is 4.72 Å². The average Bonchev–Trinajstić information content (AvgIpc) is 2.40. The number of benzene rings is 1. The zero-order valence-corrected chi connectivity index (χ0v) is 12.9. The molecule has 0 amide bonds. The van der Waals surface area contributed by atoms with Crippen LogP contribution < -0.4 is 4.72 Å². The Morgan fingerprint density at radius 1 is 1.09 bits per heavy atom. The van der Waals surface area contributed by atoms with Crippen molar-refractivity contribution in [2.24, 2.45) is 0 Å². The maximum Gasteiger partial charge on any atom is 0.417 e. The predicted molar refractivity (Wildman–Crippen MR) is 76.5 cm³/mol. The number of aromatic nitrogens is 1. The van der Waals surface area contributed by atoms with E-state index in [2.05, 4.69) is 4.98 Å². The Morgan fingerprint density at radius 2 is 1.73 bits per heavy atom. The second-order valence-electron chi connectivity index (χ2n) is 4.09. The second-order valence-corrected chi connectivity index (χ2v) is 6.55. The summed E-state index contributed by atoms with van der Waals surface area (Å²) < 4.78 is 63.8. The minimum Gasteiger partial charge on any atom is -0.262 e. The molecule has 0 bridgehead atoms. The third-order valence-electron chi connectivity index (χ3n) is 2.53. The second kappa shape index (κ2) is 5.94. The van der Waals surface area contributed by atoms with Crippen LogP contribution in [0.25, 0.3) is 0 Å². The Hall–Kier alpha value is -1.51. The fraction of sp³-hybridized carbons (Fsp3) is 0.0833. The van der Waals surface area contributed by atoms with Crippen LogP contribution in [-0.4, -0.2) is 13.4 Å². The summed E-state index contributed by atoms with van der Waals surface area (Å²) in [6.07, 6.45) is -4.15. The number of pyridine rings is 1. The van der Waals surface area contributed by atoms with Crippen molar-refractivity contribution in [2.45, 2.75) is 11.1 Å². The van der Waals surface area contributed by atoms with Gasteiger partial charge in [0.1, 0.15) is 4.90 Å². The summed E-state index contributed by atoms with van der Waals surface area (Å²) in [4.78, 5) is 3.16. The molecule has 0 radical (unpaired) electrons. The van der Waals surface area contributed by atoms with Crippen LogP contribution in [-0.2, 0) is 16.2 Å². The fourth-order valence-electron chi connectivity index (χ4n) is 1.51. The number of hydrogen-bond acceptors (Lipinski definition) is 3. The SMILES string of the molecule is O=S(=O)(Nc1ncc(C(F)(F)F)cc1Cl)c1ccccc1Cl. The first-order valence-corrected chi connectivity index (χ1v) is 7.85. The molecule has 22 heavy (non-hydrogen) atoms. The molecule has 1 aromatic heterocycles. The van der Waals surface area contributed by atoms with Crippen molar-refractivity contribution in [3.63, 3.8) is 0 Å². The average molecular weight is 371 g/mol. The Morgan fingerprint density at radius 3 is 2.27 bits per heavy atom. The number of anilines is 1. The molecule has 0 saturated carbocycles. The van der Waals surface area contributed by atoms with Gasteiger partial charge in [-0.15, -0.1) is 0 Å². The van der Waals surface area contributed by atoms with Gasteiger partial charge < -0.3 is 0 Å². The molecule has 1 heterocycles. The third kappa shape index (κ3) is 3.63. The molecule has 1 N–H and O–H groups in total. The quantitative estimate of drug-likeness (QED) is 0.880. The van der Waals surface area contributed by atoms with Gasteiger partial charge in [-0.2, -0.15) is 13.2 Å². The molecule has 118 valence electrons. The number of hydrogen-bond donors (Lipinski definition) is 1. The third-order valence-corrected chi connectivity index (χ3v) is 4.65. The summed E-state index contributed by atoms with van der Waals surface area (Å²) in [7, 11) is -4.12. The van der Waals surface area contributed by atoms with Gasteiger partial charge >= 0.3 is 6.18 Å². The summed E-state index contributed by atoms with van der Waals surface area (Å²) >= 11 is 11.4. The molecule has 10 heteroatoms. The van der Waals surface area contributed by atoms with Gasteiger partial charge in [0, 0.05) is 6.20 Å². The van der Waals surface area contributed by atoms with Crippen LogP contribution in [0.5, 0.6) is 0 Å². The van der Waals surface area contributed by atoms with Crippen molar-refractivity contribution < 1.29 is 21.6 Å². The van der Waals surface area contributed by atoms with E-state index in [0.717, 1.165) is 0 Å². The molecule has 0 saturated heterocycles. The van der Waals surface area contributed by atoms with Gasteiger partial charge in [0.25, 0.3) is 10.0 Å². The summed E-state index contributed by atoms with van der Waals surface area (Å²) in [5.41, 5.74) is -1.09. The lowest BCUT2D eigenvalue weighted by Crippen LogP contribution is -2.15. The van der Waals surface area contributed by atoms with Gasteiger partial charge in [-0.3, -0.25) is 4.72 Å². The highest BCUT2D eigenvalue weighted by atomic mass is 35.5. The smallest absolute Gasteiger partial charge is 0.262 e. The van der Waals surface area contributed by atoms with Crippen molar-refractivity contribution in [2.75, 3.05) is 4.72 Å². The van der Waals surface area contributed by atoms with Gasteiger partial charge in [0.2, 0.25) is 0 Å². The topological polar surface area (TPSA) is 59.1 Å². The lowest BCUT2D eigenvalue weighted by molar-refractivity contribution is -0.137. The van der Waals surface area contributed by atoms with Crippen LogP contribution in [0.1, 0.15) is 5.56 Å². The Balaban J connectivity index is 2.37. The highest BCUT2D eigenvalue weighted by molar-refractivity contribution is 7.92. The number of nitrogens with zero attached hydrogens (tertiary/aromatic N) is 1. The van der Waals surface area contributed by atoms with Crippen LogP contribution in [0.4, 0.5) is 19.0 Å². The molecule has 2 aromatic rings. The molecule has 0 aliphatic heterocycles. The van der Waals surface area contributed by atoms with Crippen LogP contribution >= 0.6 is 23.2 Å². The first-order chi connectivity index (χ1) is 10.1. The molecular weight excluding hydrogens is 364 g/mol.